The molecular formula is C25H25N5O3. The van der Waals surface area contributed by atoms with Crippen LogP contribution in [0.1, 0.15) is 10.5 Å². The van der Waals surface area contributed by atoms with E-state index in [2.05, 4.69) is 20.9 Å². The summed E-state index contributed by atoms with van der Waals surface area (Å²) in [5.74, 6) is 1.54. The maximum absolute atomic E-state index is 13.2. The lowest BCUT2D eigenvalue weighted by atomic mass is 10.1. The quantitative estimate of drug-likeness (QED) is 0.471. The van der Waals surface area contributed by atoms with Gasteiger partial charge in [0.25, 0.3) is 5.91 Å². The van der Waals surface area contributed by atoms with Crippen LogP contribution in [0.4, 0.5) is 5.69 Å². The number of hydrogen-bond donors (Lipinski definition) is 0. The number of benzene rings is 2. The molecule has 1 aliphatic heterocycles. The molecule has 0 atom stereocenters. The van der Waals surface area contributed by atoms with Crippen molar-refractivity contribution in [1.29, 1.82) is 0 Å². The van der Waals surface area contributed by atoms with Gasteiger partial charge in [-0.2, -0.15) is 0 Å². The van der Waals surface area contributed by atoms with Gasteiger partial charge >= 0.3 is 0 Å². The van der Waals surface area contributed by atoms with E-state index in [1.807, 2.05) is 58.0 Å². The largest absolute Gasteiger partial charge is 0.497 e. The second-order valence-corrected chi connectivity index (χ2v) is 7.84. The lowest BCUT2D eigenvalue weighted by Gasteiger charge is -2.35. The van der Waals surface area contributed by atoms with Gasteiger partial charge in [-0.25, -0.2) is 4.98 Å². The van der Waals surface area contributed by atoms with Gasteiger partial charge < -0.3 is 23.7 Å². The molecule has 0 N–H and O–H groups in total. The van der Waals surface area contributed by atoms with Crippen molar-refractivity contribution < 1.29 is 14.3 Å². The van der Waals surface area contributed by atoms with Crippen LogP contribution in [0.3, 0.4) is 0 Å². The Morgan fingerprint density at radius 1 is 0.939 bits per heavy atom. The van der Waals surface area contributed by atoms with Gasteiger partial charge in [-0.15, -0.1) is 0 Å². The molecule has 8 nitrogen and oxygen atoms in total. The molecule has 5 rings (SSSR count). The average Bonchev–Trinajstić information content (AvgIpc) is 3.33. The van der Waals surface area contributed by atoms with Crippen LogP contribution in [0.25, 0.3) is 16.9 Å². The molecule has 4 aromatic rings. The summed E-state index contributed by atoms with van der Waals surface area (Å²) < 4.78 is 12.4. The lowest BCUT2D eigenvalue weighted by Crippen LogP contribution is -2.48. The highest BCUT2D eigenvalue weighted by molar-refractivity contribution is 5.94. The predicted molar refractivity (Wildman–Crippen MR) is 126 cm³/mol. The van der Waals surface area contributed by atoms with Gasteiger partial charge in [0.15, 0.2) is 5.65 Å². The van der Waals surface area contributed by atoms with Crippen molar-refractivity contribution in [3.05, 3.63) is 72.8 Å². The highest BCUT2D eigenvalue weighted by atomic mass is 16.5. The minimum atomic E-state index is -0.0651. The Morgan fingerprint density at radius 3 is 2.42 bits per heavy atom. The van der Waals surface area contributed by atoms with Gasteiger partial charge in [0.1, 0.15) is 22.9 Å². The topological polar surface area (TPSA) is 72.2 Å². The third-order valence-electron chi connectivity index (χ3n) is 5.94. The summed E-state index contributed by atoms with van der Waals surface area (Å²) in [6, 6.07) is 15.7. The Morgan fingerprint density at radius 2 is 1.70 bits per heavy atom. The minimum Gasteiger partial charge on any atom is -0.497 e. The van der Waals surface area contributed by atoms with Gasteiger partial charge in [0.2, 0.25) is 0 Å². The molecule has 2 aromatic carbocycles. The van der Waals surface area contributed by atoms with Crippen molar-refractivity contribution in [2.45, 2.75) is 0 Å². The van der Waals surface area contributed by atoms with Crippen molar-refractivity contribution in [3.63, 3.8) is 0 Å². The highest BCUT2D eigenvalue weighted by Gasteiger charge is 2.25. The third-order valence-corrected chi connectivity index (χ3v) is 5.94. The van der Waals surface area contributed by atoms with E-state index < -0.39 is 0 Å². The predicted octanol–water partition coefficient (Wildman–Crippen LogP) is 3.38. The second kappa shape index (κ2) is 8.82. The molecule has 3 heterocycles. The number of ether oxygens (including phenoxy) is 2. The first-order valence-electron chi connectivity index (χ1n) is 10.8. The summed E-state index contributed by atoms with van der Waals surface area (Å²) in [6.07, 6.45) is 5.31. The van der Waals surface area contributed by atoms with Crippen LogP contribution < -0.4 is 14.4 Å². The zero-order chi connectivity index (χ0) is 22.8. The molecule has 0 radical (unpaired) electrons. The first-order valence-corrected chi connectivity index (χ1v) is 10.8. The maximum Gasteiger partial charge on any atom is 0.274 e. The second-order valence-electron chi connectivity index (χ2n) is 7.84. The summed E-state index contributed by atoms with van der Waals surface area (Å²) >= 11 is 0. The van der Waals surface area contributed by atoms with E-state index in [9.17, 15) is 4.79 Å². The van der Waals surface area contributed by atoms with Crippen LogP contribution in [-0.2, 0) is 0 Å². The van der Waals surface area contributed by atoms with Crippen molar-refractivity contribution in [1.82, 2.24) is 19.3 Å². The number of rotatable bonds is 5. The lowest BCUT2D eigenvalue weighted by molar-refractivity contribution is 0.0741. The minimum absolute atomic E-state index is 0.0651. The molecule has 0 unspecified atom stereocenters. The van der Waals surface area contributed by atoms with Gasteiger partial charge in [0.05, 0.1) is 14.2 Å². The van der Waals surface area contributed by atoms with Crippen LogP contribution in [0.2, 0.25) is 0 Å². The summed E-state index contributed by atoms with van der Waals surface area (Å²) in [4.78, 5) is 26.5. The molecule has 1 amide bonds. The van der Waals surface area contributed by atoms with Crippen molar-refractivity contribution in [3.8, 4) is 22.8 Å². The van der Waals surface area contributed by atoms with E-state index in [0.717, 1.165) is 41.5 Å². The molecule has 0 spiro atoms. The standard InChI is InChI=1S/C25H25N5O3/c1-32-20-8-6-18(7-9-20)23-24-27-22(17-30(24)11-10-26-23)25(31)29-14-12-28(13-15-29)19-4-3-5-21(16-19)33-2/h3-11,16-17H,12-15H2,1-2H3. The van der Waals surface area contributed by atoms with E-state index in [1.165, 1.54) is 0 Å². The van der Waals surface area contributed by atoms with E-state index >= 15 is 0 Å². The number of nitrogens with zero attached hydrogens (tertiary/aromatic N) is 5. The Bertz CT molecular complexity index is 1280. The molecule has 1 saturated heterocycles. The summed E-state index contributed by atoms with van der Waals surface area (Å²) in [6.45, 7) is 2.77. The van der Waals surface area contributed by atoms with Gasteiger partial charge in [-0.3, -0.25) is 9.78 Å². The number of carbonyl (C=O) groups is 1. The molecule has 0 aliphatic carbocycles. The number of piperazine rings is 1. The third kappa shape index (κ3) is 4.07. The number of amides is 1. The van der Waals surface area contributed by atoms with Gasteiger partial charge in [-0.1, -0.05) is 6.07 Å². The monoisotopic (exact) mass is 443 g/mol. The van der Waals surface area contributed by atoms with Crippen LogP contribution in [-0.4, -0.2) is 65.6 Å². The zero-order valence-electron chi connectivity index (χ0n) is 18.6. The van der Waals surface area contributed by atoms with Gasteiger partial charge in [-0.05, 0) is 36.4 Å². The van der Waals surface area contributed by atoms with Crippen LogP contribution >= 0.6 is 0 Å². The number of aromatic nitrogens is 3. The molecule has 0 bridgehead atoms. The Labute approximate surface area is 192 Å². The zero-order valence-corrected chi connectivity index (χ0v) is 18.6. The molecule has 0 saturated carbocycles. The summed E-state index contributed by atoms with van der Waals surface area (Å²) in [5, 5.41) is 0. The number of imidazole rings is 1. The van der Waals surface area contributed by atoms with E-state index in [-0.39, 0.29) is 5.91 Å². The number of anilines is 1. The molecule has 168 valence electrons. The van der Waals surface area contributed by atoms with Crippen LogP contribution in [0, 0.1) is 0 Å². The Kier molecular flexibility index (Phi) is 5.56. The molecular weight excluding hydrogens is 418 g/mol. The average molecular weight is 444 g/mol. The number of carbonyl (C=O) groups excluding carboxylic acids is 1. The molecule has 8 heteroatoms. The van der Waals surface area contributed by atoms with E-state index in [0.29, 0.717) is 24.4 Å². The maximum atomic E-state index is 13.2. The van der Waals surface area contributed by atoms with Crippen molar-refractivity contribution in [2.24, 2.45) is 0 Å². The molecule has 1 fully saturated rings. The smallest absolute Gasteiger partial charge is 0.274 e. The Hall–Kier alpha value is -4.07. The summed E-state index contributed by atoms with van der Waals surface area (Å²) in [5.41, 5.74) is 3.82. The van der Waals surface area contributed by atoms with Gasteiger partial charge in [0, 0.05) is 62.1 Å². The fourth-order valence-corrected chi connectivity index (χ4v) is 4.11. The normalized spacial score (nSPS) is 13.9. The number of fused-ring (bicyclic) bond motifs is 1. The van der Waals surface area contributed by atoms with Crippen LogP contribution in [0.15, 0.2) is 67.1 Å². The highest BCUT2D eigenvalue weighted by Crippen LogP contribution is 2.25. The molecule has 1 aliphatic rings. The van der Waals surface area contributed by atoms with E-state index in [1.54, 1.807) is 26.6 Å². The number of hydrogen-bond acceptors (Lipinski definition) is 6. The number of methoxy groups -OCH3 is 2. The molecule has 33 heavy (non-hydrogen) atoms. The SMILES string of the molecule is COc1ccc(-c2nccn3cc(C(=O)N4CCN(c5cccc(OC)c5)CC4)nc23)cc1. The van der Waals surface area contributed by atoms with Crippen LogP contribution in [0.5, 0.6) is 11.5 Å². The van der Waals surface area contributed by atoms with E-state index in [4.69, 9.17) is 9.47 Å². The first-order chi connectivity index (χ1) is 16.2. The molecule has 2 aromatic heterocycles. The first kappa shape index (κ1) is 20.8. The van der Waals surface area contributed by atoms with Crippen molar-refractivity contribution in [2.75, 3.05) is 45.3 Å². The fourth-order valence-electron chi connectivity index (χ4n) is 4.11. The Balaban J connectivity index is 1.34. The van der Waals surface area contributed by atoms with Crippen molar-refractivity contribution >= 4 is 17.2 Å². The summed E-state index contributed by atoms with van der Waals surface area (Å²) in [7, 11) is 3.30. The fraction of sp³-hybridized carbons (Fsp3) is 0.240.